The quantitative estimate of drug-likeness (QED) is 0.577. The number of sulfonamides is 1. The van der Waals surface area contributed by atoms with Crippen molar-refractivity contribution in [3.63, 3.8) is 0 Å². The first-order chi connectivity index (χ1) is 12.8. The minimum Gasteiger partial charge on any atom is -0.497 e. The second-order valence-corrected chi connectivity index (χ2v) is 8.58. The molecule has 8 nitrogen and oxygen atoms in total. The average molecular weight is 407 g/mol. The Morgan fingerprint density at radius 2 is 1.96 bits per heavy atom. The van der Waals surface area contributed by atoms with E-state index in [9.17, 15) is 13.2 Å². The average Bonchev–Trinajstić information content (AvgIpc) is 3.03. The molecule has 0 fully saturated rings. The van der Waals surface area contributed by atoms with Crippen LogP contribution in [0.5, 0.6) is 5.75 Å². The zero-order valence-corrected chi connectivity index (χ0v) is 16.1. The Bertz CT molecular complexity index is 1080. The number of nitrogens with one attached hydrogen (secondary N) is 1. The van der Waals surface area contributed by atoms with Gasteiger partial charge in [0.05, 0.1) is 17.3 Å². The number of thioether (sulfide) groups is 1. The van der Waals surface area contributed by atoms with Crippen molar-refractivity contribution < 1.29 is 22.4 Å². The number of hydrogen-bond donors (Lipinski definition) is 2. The number of hydrogen-bond acceptors (Lipinski definition) is 7. The van der Waals surface area contributed by atoms with Crippen molar-refractivity contribution in [2.24, 2.45) is 5.73 Å². The Hall–Kier alpha value is -2.72. The number of rotatable bonds is 7. The number of primary amides is 1. The number of oxazole rings is 1. The maximum atomic E-state index is 12.6. The van der Waals surface area contributed by atoms with E-state index in [0.717, 1.165) is 11.8 Å². The highest BCUT2D eigenvalue weighted by atomic mass is 32.2. The molecule has 3 aromatic rings. The molecule has 1 heterocycles. The van der Waals surface area contributed by atoms with Crippen LogP contribution in [-0.4, -0.2) is 31.7 Å². The van der Waals surface area contributed by atoms with E-state index in [1.54, 1.807) is 31.2 Å². The molecule has 142 valence electrons. The van der Waals surface area contributed by atoms with Gasteiger partial charge in [0.15, 0.2) is 5.58 Å². The molecule has 0 bridgehead atoms. The van der Waals surface area contributed by atoms with Crippen molar-refractivity contribution in [1.82, 2.24) is 4.98 Å². The monoisotopic (exact) mass is 407 g/mol. The molecule has 0 aliphatic carbocycles. The predicted molar refractivity (Wildman–Crippen MR) is 102 cm³/mol. The Morgan fingerprint density at radius 3 is 2.59 bits per heavy atom. The molecule has 1 atom stereocenters. The Kier molecular flexibility index (Phi) is 5.29. The number of nitrogens with zero attached hydrogens (tertiary/aromatic N) is 1. The summed E-state index contributed by atoms with van der Waals surface area (Å²) in [6.45, 7) is 1.64. The fourth-order valence-corrected chi connectivity index (χ4v) is 3.97. The molecular weight excluding hydrogens is 390 g/mol. The molecule has 27 heavy (non-hydrogen) atoms. The highest BCUT2D eigenvalue weighted by Crippen LogP contribution is 2.28. The molecule has 0 spiro atoms. The van der Waals surface area contributed by atoms with Crippen LogP contribution in [0, 0.1) is 0 Å². The Labute approximate surface area is 160 Å². The van der Waals surface area contributed by atoms with Gasteiger partial charge in [-0.2, -0.15) is 0 Å². The van der Waals surface area contributed by atoms with Gasteiger partial charge in [-0.25, -0.2) is 13.4 Å². The number of carbonyl (C=O) groups is 1. The van der Waals surface area contributed by atoms with Gasteiger partial charge in [0.25, 0.3) is 15.2 Å². The zero-order valence-electron chi connectivity index (χ0n) is 14.5. The van der Waals surface area contributed by atoms with Crippen molar-refractivity contribution in [3.05, 3.63) is 42.5 Å². The van der Waals surface area contributed by atoms with E-state index in [0.29, 0.717) is 22.5 Å². The largest absolute Gasteiger partial charge is 0.497 e. The summed E-state index contributed by atoms with van der Waals surface area (Å²) in [6.07, 6.45) is 0. The lowest BCUT2D eigenvalue weighted by atomic mass is 10.3. The van der Waals surface area contributed by atoms with Crippen molar-refractivity contribution in [3.8, 4) is 5.75 Å². The van der Waals surface area contributed by atoms with Crippen LogP contribution in [0.1, 0.15) is 6.92 Å². The first-order valence-corrected chi connectivity index (χ1v) is 10.2. The van der Waals surface area contributed by atoms with Gasteiger partial charge >= 0.3 is 0 Å². The molecule has 0 saturated carbocycles. The third kappa shape index (κ3) is 4.34. The summed E-state index contributed by atoms with van der Waals surface area (Å²) < 4.78 is 38.3. The fourth-order valence-electron chi connectivity index (χ4n) is 2.19. The van der Waals surface area contributed by atoms with E-state index in [2.05, 4.69) is 9.71 Å². The summed E-state index contributed by atoms with van der Waals surface area (Å²) in [5.74, 6) is 0.131. The topological polar surface area (TPSA) is 125 Å². The number of amides is 1. The van der Waals surface area contributed by atoms with Gasteiger partial charge in [0.1, 0.15) is 11.3 Å². The second kappa shape index (κ2) is 7.49. The van der Waals surface area contributed by atoms with Crippen molar-refractivity contribution in [1.29, 1.82) is 0 Å². The maximum Gasteiger partial charge on any atom is 0.261 e. The van der Waals surface area contributed by atoms with Crippen LogP contribution < -0.4 is 15.2 Å². The van der Waals surface area contributed by atoms with Gasteiger partial charge < -0.3 is 14.9 Å². The highest BCUT2D eigenvalue weighted by Gasteiger charge is 2.19. The number of carbonyl (C=O) groups excluding carboxylic acids is 1. The normalized spacial score (nSPS) is 12.7. The van der Waals surface area contributed by atoms with Crippen LogP contribution in [-0.2, 0) is 14.8 Å². The third-order valence-electron chi connectivity index (χ3n) is 3.67. The summed E-state index contributed by atoms with van der Waals surface area (Å²) in [6, 6.07) is 10.9. The Morgan fingerprint density at radius 1 is 1.26 bits per heavy atom. The number of ether oxygens (including phenoxy) is 1. The van der Waals surface area contributed by atoms with Crippen molar-refractivity contribution >= 4 is 44.5 Å². The summed E-state index contributed by atoms with van der Waals surface area (Å²) in [5, 5.41) is -0.271. The lowest BCUT2D eigenvalue weighted by molar-refractivity contribution is -0.117. The maximum absolute atomic E-state index is 12.6. The number of anilines is 1. The van der Waals surface area contributed by atoms with Gasteiger partial charge in [-0.3, -0.25) is 9.52 Å². The van der Waals surface area contributed by atoms with E-state index in [1.807, 2.05) is 0 Å². The summed E-state index contributed by atoms with van der Waals surface area (Å²) in [7, 11) is -2.27. The summed E-state index contributed by atoms with van der Waals surface area (Å²) in [5.41, 5.74) is 6.41. The zero-order chi connectivity index (χ0) is 19.6. The molecule has 0 unspecified atom stereocenters. The van der Waals surface area contributed by atoms with Crippen LogP contribution in [0.2, 0.25) is 0 Å². The lowest BCUT2D eigenvalue weighted by Gasteiger charge is -2.08. The SMILES string of the molecule is COc1ccc(NS(=O)(=O)c2ccc3oc(S[C@H](C)C(N)=O)nc3c2)cc1. The molecule has 0 aliphatic heterocycles. The lowest BCUT2D eigenvalue weighted by Crippen LogP contribution is -2.22. The predicted octanol–water partition coefficient (Wildman–Crippen LogP) is 2.60. The molecular formula is C17H17N3O5S2. The van der Waals surface area contributed by atoms with Crippen LogP contribution in [0.15, 0.2) is 57.0 Å². The number of nitrogens with two attached hydrogens (primary N) is 1. The van der Waals surface area contributed by atoms with Crippen LogP contribution in [0.3, 0.4) is 0 Å². The van der Waals surface area contributed by atoms with Gasteiger partial charge in [-0.1, -0.05) is 11.8 Å². The van der Waals surface area contributed by atoms with Gasteiger partial charge in [0, 0.05) is 5.69 Å². The van der Waals surface area contributed by atoms with Crippen LogP contribution in [0.4, 0.5) is 5.69 Å². The first kappa shape index (κ1) is 19.1. The minimum atomic E-state index is -3.80. The summed E-state index contributed by atoms with van der Waals surface area (Å²) in [4.78, 5) is 15.4. The highest BCUT2D eigenvalue weighted by molar-refractivity contribution is 8.00. The Balaban J connectivity index is 1.85. The second-order valence-electron chi connectivity index (χ2n) is 5.61. The smallest absolute Gasteiger partial charge is 0.261 e. The molecule has 1 aromatic heterocycles. The van der Waals surface area contributed by atoms with E-state index >= 15 is 0 Å². The molecule has 0 radical (unpaired) electrons. The number of aromatic nitrogens is 1. The van der Waals surface area contributed by atoms with Crippen LogP contribution in [0.25, 0.3) is 11.1 Å². The number of fused-ring (bicyclic) bond motifs is 1. The van der Waals surface area contributed by atoms with E-state index < -0.39 is 21.2 Å². The first-order valence-electron chi connectivity index (χ1n) is 7.82. The standard InChI is InChI=1S/C17H17N3O5S2/c1-10(16(18)21)26-17-19-14-9-13(7-8-15(14)25-17)27(22,23)20-11-3-5-12(24-2)6-4-11/h3-10,20H,1-2H3,(H2,18,21)/t10-/m1/s1. The van der Waals surface area contributed by atoms with Gasteiger partial charge in [-0.15, -0.1) is 0 Å². The van der Waals surface area contributed by atoms with Crippen molar-refractivity contribution in [2.75, 3.05) is 11.8 Å². The molecule has 3 rings (SSSR count). The molecule has 10 heteroatoms. The van der Waals surface area contributed by atoms with E-state index in [4.69, 9.17) is 14.9 Å². The molecule has 2 aromatic carbocycles. The fraction of sp³-hybridized carbons (Fsp3) is 0.176. The third-order valence-corrected chi connectivity index (χ3v) is 6.01. The van der Waals surface area contributed by atoms with Crippen LogP contribution >= 0.6 is 11.8 Å². The summed E-state index contributed by atoms with van der Waals surface area (Å²) >= 11 is 1.07. The molecule has 0 saturated heterocycles. The number of benzene rings is 2. The van der Waals surface area contributed by atoms with E-state index in [-0.39, 0.29) is 10.1 Å². The van der Waals surface area contributed by atoms with E-state index in [1.165, 1.54) is 25.3 Å². The van der Waals surface area contributed by atoms with Gasteiger partial charge in [-0.05, 0) is 49.4 Å². The van der Waals surface area contributed by atoms with Crippen molar-refractivity contribution in [2.45, 2.75) is 22.3 Å². The molecule has 0 aliphatic rings. The minimum absolute atomic E-state index is 0.0404. The molecule has 3 N–H and O–H groups in total. The molecule has 1 amide bonds. The van der Waals surface area contributed by atoms with Gasteiger partial charge in [0.2, 0.25) is 5.91 Å². The number of methoxy groups -OCH3 is 1.